The third kappa shape index (κ3) is 6.85. The number of hydrogen-bond acceptors (Lipinski definition) is 10. The third-order valence-electron chi connectivity index (χ3n) is 9.97. The monoisotopic (exact) mass is 768 g/mol. The Bertz CT molecular complexity index is 2040. The fourth-order valence-corrected chi connectivity index (χ4v) is 9.71. The highest BCUT2D eigenvalue weighted by Gasteiger charge is 2.36. The number of ether oxygens (including phenoxy) is 2. The van der Waals surface area contributed by atoms with E-state index >= 15 is 0 Å². The average molecular weight is 769 g/mol. The lowest BCUT2D eigenvalue weighted by atomic mass is 9.93. The van der Waals surface area contributed by atoms with Crippen molar-refractivity contribution in [2.24, 2.45) is 0 Å². The van der Waals surface area contributed by atoms with Gasteiger partial charge in [0.2, 0.25) is 0 Å². The third-order valence-corrected chi connectivity index (χ3v) is 12.1. The minimum Gasteiger partial charge on any atom is -0.444 e. The molecule has 0 aliphatic carbocycles. The van der Waals surface area contributed by atoms with E-state index in [2.05, 4.69) is 12.1 Å². The summed E-state index contributed by atoms with van der Waals surface area (Å²) in [4.78, 5) is 71.7. The van der Waals surface area contributed by atoms with Crippen LogP contribution in [0.2, 0.25) is 0 Å². The van der Waals surface area contributed by atoms with Crippen molar-refractivity contribution in [3.05, 3.63) is 78.7 Å². The van der Waals surface area contributed by atoms with Crippen LogP contribution < -0.4 is 9.80 Å². The maximum atomic E-state index is 14.0. The number of rotatable bonds is 3. The van der Waals surface area contributed by atoms with Gasteiger partial charge in [-0.25, -0.2) is 19.6 Å². The van der Waals surface area contributed by atoms with Gasteiger partial charge in [-0.3, -0.25) is 9.59 Å². The fraction of sp³-hybridized carbons (Fsp3) is 0.450. The number of thiazole rings is 2. The van der Waals surface area contributed by atoms with Gasteiger partial charge >= 0.3 is 12.2 Å². The number of nitrogens with zero attached hydrogens (tertiary/aromatic N) is 6. The molecule has 282 valence electrons. The van der Waals surface area contributed by atoms with Crippen molar-refractivity contribution in [3.8, 4) is 11.1 Å². The molecule has 0 N–H and O–H groups in total. The Kier molecular flexibility index (Phi) is 9.03. The van der Waals surface area contributed by atoms with Gasteiger partial charge in [0.25, 0.3) is 11.8 Å². The van der Waals surface area contributed by atoms with Gasteiger partial charge in [-0.15, -0.1) is 22.7 Å². The van der Waals surface area contributed by atoms with E-state index in [1.165, 1.54) is 22.7 Å². The van der Waals surface area contributed by atoms with Crippen LogP contribution in [0.4, 0.5) is 21.0 Å². The van der Waals surface area contributed by atoms with E-state index in [4.69, 9.17) is 19.4 Å². The first-order valence-corrected chi connectivity index (χ1v) is 20.1. The van der Waals surface area contributed by atoms with Gasteiger partial charge < -0.3 is 29.1 Å². The van der Waals surface area contributed by atoms with Gasteiger partial charge in [0.05, 0.1) is 24.5 Å². The van der Waals surface area contributed by atoms with Crippen molar-refractivity contribution in [3.63, 3.8) is 0 Å². The molecule has 0 unspecified atom stereocenters. The molecule has 54 heavy (non-hydrogen) atoms. The zero-order chi connectivity index (χ0) is 38.1. The molecular weight excluding hydrogens is 725 g/mol. The molecule has 8 rings (SSSR count). The van der Waals surface area contributed by atoms with Crippen LogP contribution in [0.15, 0.2) is 36.4 Å². The van der Waals surface area contributed by atoms with Crippen LogP contribution in [0.3, 0.4) is 0 Å². The molecule has 0 bridgehead atoms. The maximum absolute atomic E-state index is 14.0. The number of anilines is 2. The second-order valence-electron chi connectivity index (χ2n) is 16.1. The van der Waals surface area contributed by atoms with Crippen LogP contribution in [0, 0.1) is 0 Å². The van der Waals surface area contributed by atoms with Crippen molar-refractivity contribution in [2.75, 3.05) is 36.0 Å². The van der Waals surface area contributed by atoms with E-state index in [9.17, 15) is 19.2 Å². The second-order valence-corrected chi connectivity index (χ2v) is 18.3. The molecule has 0 atom stereocenters. The van der Waals surface area contributed by atoms with E-state index in [0.29, 0.717) is 75.0 Å². The standard InChI is InChI=1S/C40H44N6O6S2/c1-39(2,3)51-37(49)43-17-15-27-31(21-43)53-33(41-27)35(47)45-19-13-25-23(9-7-11-29(25)45)24-10-8-12-30-26(24)14-20-46(30)36(48)34-42-28-16-18-44(22-32(28)54-34)38(50)52-40(4,5)6/h7-12H,13-22H2,1-6H3. The first-order chi connectivity index (χ1) is 25.6. The summed E-state index contributed by atoms with van der Waals surface area (Å²) in [5.74, 6) is -0.269. The summed E-state index contributed by atoms with van der Waals surface area (Å²) in [6.45, 7) is 14.0. The second kappa shape index (κ2) is 13.5. The predicted molar refractivity (Wildman–Crippen MR) is 208 cm³/mol. The van der Waals surface area contributed by atoms with Gasteiger partial charge in [-0.1, -0.05) is 24.3 Å². The Morgan fingerprint density at radius 3 is 1.39 bits per heavy atom. The van der Waals surface area contributed by atoms with E-state index in [0.717, 1.165) is 54.8 Å². The molecule has 2 aromatic heterocycles. The largest absolute Gasteiger partial charge is 0.444 e. The smallest absolute Gasteiger partial charge is 0.410 e. The Balaban J connectivity index is 0.996. The molecule has 0 radical (unpaired) electrons. The van der Waals surface area contributed by atoms with E-state index in [-0.39, 0.29) is 24.0 Å². The van der Waals surface area contributed by atoms with Crippen molar-refractivity contribution < 1.29 is 28.7 Å². The van der Waals surface area contributed by atoms with Gasteiger partial charge in [-0.05, 0) is 88.8 Å². The zero-order valence-corrected chi connectivity index (χ0v) is 33.1. The van der Waals surface area contributed by atoms with Crippen molar-refractivity contribution in [1.82, 2.24) is 19.8 Å². The quantitative estimate of drug-likeness (QED) is 0.213. The number of amides is 4. The molecule has 14 heteroatoms. The molecule has 2 aromatic carbocycles. The molecule has 0 spiro atoms. The summed E-state index contributed by atoms with van der Waals surface area (Å²) in [5.41, 5.74) is 6.65. The van der Waals surface area contributed by atoms with Crippen LogP contribution in [0.25, 0.3) is 11.1 Å². The fourth-order valence-electron chi connectivity index (χ4n) is 7.56. The molecule has 4 amide bonds. The molecule has 4 aliphatic heterocycles. The van der Waals surface area contributed by atoms with Crippen LogP contribution in [-0.2, 0) is 48.2 Å². The number of benzene rings is 2. The average Bonchev–Trinajstić information content (AvgIpc) is 3.92. The van der Waals surface area contributed by atoms with Gasteiger partial charge in [0.1, 0.15) is 11.2 Å². The lowest BCUT2D eigenvalue weighted by Gasteiger charge is -2.29. The Hall–Kier alpha value is -4.82. The number of fused-ring (bicyclic) bond motifs is 4. The summed E-state index contributed by atoms with van der Waals surface area (Å²) in [7, 11) is 0. The first-order valence-electron chi connectivity index (χ1n) is 18.4. The van der Waals surface area contributed by atoms with Crippen molar-refractivity contribution in [2.45, 2.75) is 91.5 Å². The number of carbonyl (C=O) groups is 4. The molecular formula is C40H44N6O6S2. The zero-order valence-electron chi connectivity index (χ0n) is 31.5. The summed E-state index contributed by atoms with van der Waals surface area (Å²) in [6.07, 6.45) is 1.85. The van der Waals surface area contributed by atoms with E-state index in [1.54, 1.807) is 9.80 Å². The van der Waals surface area contributed by atoms with E-state index < -0.39 is 11.2 Å². The maximum Gasteiger partial charge on any atom is 0.410 e. The lowest BCUT2D eigenvalue weighted by molar-refractivity contribution is 0.0215. The highest BCUT2D eigenvalue weighted by Crippen LogP contribution is 2.43. The first kappa shape index (κ1) is 36.2. The van der Waals surface area contributed by atoms with Gasteiger partial charge in [0, 0.05) is 60.1 Å². The SMILES string of the molecule is CC(C)(C)OC(=O)N1CCc2nc(C(=O)N3CCc4c(-c5cccc6c5CCN6C(=O)c5nc6c(s5)CN(C(=O)OC(C)(C)C)CC6)cccc43)sc2C1. The molecule has 6 heterocycles. The normalized spacial score (nSPS) is 16.5. The Labute approximate surface area is 322 Å². The number of aromatic nitrogens is 2. The summed E-state index contributed by atoms with van der Waals surface area (Å²) < 4.78 is 11.2. The van der Waals surface area contributed by atoms with Crippen LogP contribution in [0.1, 0.15) is 93.4 Å². The highest BCUT2D eigenvalue weighted by atomic mass is 32.1. The lowest BCUT2D eigenvalue weighted by Crippen LogP contribution is -2.39. The Morgan fingerprint density at radius 1 is 0.593 bits per heavy atom. The van der Waals surface area contributed by atoms with Crippen molar-refractivity contribution >= 4 is 58.0 Å². The highest BCUT2D eigenvalue weighted by molar-refractivity contribution is 7.14. The molecule has 4 aliphatic rings. The summed E-state index contributed by atoms with van der Waals surface area (Å²) in [6, 6.07) is 12.2. The van der Waals surface area contributed by atoms with Gasteiger partial charge in [-0.2, -0.15) is 0 Å². The molecule has 0 saturated heterocycles. The molecule has 0 fully saturated rings. The van der Waals surface area contributed by atoms with E-state index in [1.807, 2.05) is 75.6 Å². The molecule has 12 nitrogen and oxygen atoms in total. The van der Waals surface area contributed by atoms with Crippen LogP contribution in [0.5, 0.6) is 0 Å². The number of hydrogen-bond donors (Lipinski definition) is 0. The molecule has 0 saturated carbocycles. The minimum atomic E-state index is -0.581. The summed E-state index contributed by atoms with van der Waals surface area (Å²) in [5, 5.41) is 0.862. The molecule has 4 aromatic rings. The number of carbonyl (C=O) groups excluding carboxylic acids is 4. The summed E-state index contributed by atoms with van der Waals surface area (Å²) >= 11 is 2.71. The van der Waals surface area contributed by atoms with Crippen LogP contribution >= 0.6 is 22.7 Å². The Morgan fingerprint density at radius 2 is 1.00 bits per heavy atom. The topological polar surface area (TPSA) is 125 Å². The predicted octanol–water partition coefficient (Wildman–Crippen LogP) is 7.26. The van der Waals surface area contributed by atoms with Crippen molar-refractivity contribution in [1.29, 1.82) is 0 Å². The van der Waals surface area contributed by atoms with Crippen LogP contribution in [-0.4, -0.2) is 81.1 Å². The van der Waals surface area contributed by atoms with Gasteiger partial charge in [0.15, 0.2) is 10.0 Å². The minimum absolute atomic E-state index is 0.135.